The van der Waals surface area contributed by atoms with Gasteiger partial charge in [0.2, 0.25) is 0 Å². The van der Waals surface area contributed by atoms with Crippen LogP contribution in [0, 0.1) is 0 Å². The zero-order valence-corrected chi connectivity index (χ0v) is 11.5. The summed E-state index contributed by atoms with van der Waals surface area (Å²) >= 11 is 9.56. The monoisotopic (exact) mass is 310 g/mol. The van der Waals surface area contributed by atoms with Crippen LogP contribution in [0.3, 0.4) is 0 Å². The van der Waals surface area contributed by atoms with E-state index in [1.807, 2.05) is 48.5 Å². The van der Waals surface area contributed by atoms with Crippen molar-refractivity contribution >= 4 is 27.5 Å². The van der Waals surface area contributed by atoms with Crippen molar-refractivity contribution in [1.29, 1.82) is 0 Å². The van der Waals surface area contributed by atoms with E-state index in [4.69, 9.17) is 16.3 Å². The molecule has 0 unspecified atom stereocenters. The van der Waals surface area contributed by atoms with Gasteiger partial charge < -0.3 is 4.74 Å². The Hall–Kier alpha value is -0.990. The minimum Gasteiger partial charge on any atom is -0.487 e. The molecule has 0 aromatic heterocycles. The van der Waals surface area contributed by atoms with Crippen LogP contribution < -0.4 is 4.74 Å². The predicted octanol–water partition coefficient (Wildman–Crippen LogP) is 4.81. The second-order valence-corrected chi connectivity index (χ2v) is 4.60. The van der Waals surface area contributed by atoms with E-state index in [0.29, 0.717) is 11.6 Å². The summed E-state index contributed by atoms with van der Waals surface area (Å²) in [6.07, 6.45) is 0. The maximum atomic E-state index is 6.13. The average molecular weight is 312 g/mol. The molecule has 0 bridgehead atoms. The molecule has 17 heavy (non-hydrogen) atoms. The number of ether oxygens (including phenoxy) is 1. The van der Waals surface area contributed by atoms with Gasteiger partial charge in [-0.05, 0) is 11.6 Å². The molecular formula is C14H12BrClO. The van der Waals surface area contributed by atoms with Crippen molar-refractivity contribution in [2.75, 3.05) is 0 Å². The Bertz CT molecular complexity index is 485. The van der Waals surface area contributed by atoms with E-state index in [1.165, 1.54) is 0 Å². The van der Waals surface area contributed by atoms with Crippen molar-refractivity contribution in [2.24, 2.45) is 0 Å². The predicted molar refractivity (Wildman–Crippen MR) is 74.9 cm³/mol. The van der Waals surface area contributed by atoms with Crippen LogP contribution in [0.5, 0.6) is 5.75 Å². The van der Waals surface area contributed by atoms with Crippen LogP contribution in [-0.2, 0) is 11.9 Å². The summed E-state index contributed by atoms with van der Waals surface area (Å²) in [7, 11) is 0. The molecule has 0 fully saturated rings. The largest absolute Gasteiger partial charge is 0.487 e. The zero-order chi connectivity index (χ0) is 12.1. The number of para-hydroxylation sites is 1. The molecule has 0 aliphatic rings. The highest BCUT2D eigenvalue weighted by molar-refractivity contribution is 9.08. The molecule has 88 valence electrons. The van der Waals surface area contributed by atoms with Gasteiger partial charge in [-0.15, -0.1) is 0 Å². The SMILES string of the molecule is Clc1cccc(CBr)c1OCc1ccccc1. The number of rotatable bonds is 4. The molecule has 1 nitrogen and oxygen atoms in total. The maximum Gasteiger partial charge on any atom is 0.142 e. The van der Waals surface area contributed by atoms with Gasteiger partial charge in [0.25, 0.3) is 0 Å². The molecule has 0 amide bonds. The molecular weight excluding hydrogens is 300 g/mol. The van der Waals surface area contributed by atoms with Crippen LogP contribution in [0.15, 0.2) is 48.5 Å². The van der Waals surface area contributed by atoms with Crippen molar-refractivity contribution < 1.29 is 4.74 Å². The molecule has 0 atom stereocenters. The van der Waals surface area contributed by atoms with Crippen LogP contribution in [0.4, 0.5) is 0 Å². The lowest BCUT2D eigenvalue weighted by Crippen LogP contribution is -1.98. The Morgan fingerprint density at radius 2 is 1.76 bits per heavy atom. The van der Waals surface area contributed by atoms with Crippen molar-refractivity contribution in [3.05, 3.63) is 64.7 Å². The van der Waals surface area contributed by atoms with Gasteiger partial charge in [0.15, 0.2) is 0 Å². The van der Waals surface area contributed by atoms with Gasteiger partial charge in [-0.3, -0.25) is 0 Å². The highest BCUT2D eigenvalue weighted by Gasteiger charge is 2.07. The summed E-state index contributed by atoms with van der Waals surface area (Å²) in [5.74, 6) is 0.759. The first kappa shape index (κ1) is 12.5. The summed E-state index contributed by atoms with van der Waals surface area (Å²) in [6, 6.07) is 15.8. The highest BCUT2D eigenvalue weighted by atomic mass is 79.9. The molecule has 0 N–H and O–H groups in total. The lowest BCUT2D eigenvalue weighted by Gasteiger charge is -2.11. The van der Waals surface area contributed by atoms with Gasteiger partial charge in [0.1, 0.15) is 12.4 Å². The third-order valence-corrected chi connectivity index (χ3v) is 3.32. The van der Waals surface area contributed by atoms with E-state index < -0.39 is 0 Å². The molecule has 2 rings (SSSR count). The van der Waals surface area contributed by atoms with E-state index in [-0.39, 0.29) is 0 Å². The summed E-state index contributed by atoms with van der Waals surface area (Å²) in [4.78, 5) is 0. The lowest BCUT2D eigenvalue weighted by atomic mass is 10.2. The standard InChI is InChI=1S/C14H12BrClO/c15-9-12-7-4-8-13(16)14(12)17-10-11-5-2-1-3-6-11/h1-8H,9-10H2. The number of halogens is 2. The molecule has 0 saturated heterocycles. The van der Waals surface area contributed by atoms with Crippen LogP contribution in [0.1, 0.15) is 11.1 Å². The van der Waals surface area contributed by atoms with Crippen LogP contribution >= 0.6 is 27.5 Å². The fourth-order valence-corrected chi connectivity index (χ4v) is 2.24. The normalized spacial score (nSPS) is 10.2. The topological polar surface area (TPSA) is 9.23 Å². The number of alkyl halides is 1. The average Bonchev–Trinajstić information content (AvgIpc) is 2.38. The number of hydrogen-bond donors (Lipinski definition) is 0. The minimum atomic E-state index is 0.532. The van der Waals surface area contributed by atoms with Crippen molar-refractivity contribution in [1.82, 2.24) is 0 Å². The second kappa shape index (κ2) is 6.08. The van der Waals surface area contributed by atoms with Gasteiger partial charge >= 0.3 is 0 Å². The van der Waals surface area contributed by atoms with E-state index in [2.05, 4.69) is 15.9 Å². The van der Waals surface area contributed by atoms with Gasteiger partial charge in [-0.2, -0.15) is 0 Å². The summed E-state index contributed by atoms with van der Waals surface area (Å²) < 4.78 is 5.78. The smallest absolute Gasteiger partial charge is 0.142 e. The third-order valence-electron chi connectivity index (χ3n) is 2.42. The van der Waals surface area contributed by atoms with E-state index in [0.717, 1.165) is 22.2 Å². The molecule has 0 aliphatic carbocycles. The van der Waals surface area contributed by atoms with Crippen molar-refractivity contribution in [3.63, 3.8) is 0 Å². The Labute approximate surface area is 115 Å². The quantitative estimate of drug-likeness (QED) is 0.736. The number of benzene rings is 2. The molecule has 0 saturated carbocycles. The van der Waals surface area contributed by atoms with Gasteiger partial charge in [0.05, 0.1) is 5.02 Å². The van der Waals surface area contributed by atoms with Crippen molar-refractivity contribution in [3.8, 4) is 5.75 Å². The third kappa shape index (κ3) is 3.24. The highest BCUT2D eigenvalue weighted by Crippen LogP contribution is 2.30. The summed E-state index contributed by atoms with van der Waals surface area (Å²) in [5.41, 5.74) is 2.20. The summed E-state index contributed by atoms with van der Waals surface area (Å²) in [6.45, 7) is 0.532. The first-order valence-corrected chi connectivity index (χ1v) is 6.81. The summed E-state index contributed by atoms with van der Waals surface area (Å²) in [5, 5.41) is 1.38. The van der Waals surface area contributed by atoms with Crippen LogP contribution in [0.2, 0.25) is 5.02 Å². The maximum absolute atomic E-state index is 6.13. The first-order chi connectivity index (χ1) is 8.31. The second-order valence-electron chi connectivity index (χ2n) is 3.64. The zero-order valence-electron chi connectivity index (χ0n) is 9.20. The van der Waals surface area contributed by atoms with E-state index >= 15 is 0 Å². The molecule has 0 heterocycles. The molecule has 2 aromatic rings. The van der Waals surface area contributed by atoms with Crippen molar-refractivity contribution in [2.45, 2.75) is 11.9 Å². The van der Waals surface area contributed by atoms with Gasteiger partial charge in [-0.1, -0.05) is 70.0 Å². The first-order valence-electron chi connectivity index (χ1n) is 5.31. The molecule has 3 heteroatoms. The lowest BCUT2D eigenvalue weighted by molar-refractivity contribution is 0.304. The molecule has 0 spiro atoms. The molecule has 0 radical (unpaired) electrons. The Kier molecular flexibility index (Phi) is 4.46. The number of hydrogen-bond acceptors (Lipinski definition) is 1. The molecule has 0 aliphatic heterocycles. The Morgan fingerprint density at radius 3 is 2.47 bits per heavy atom. The van der Waals surface area contributed by atoms with Gasteiger partial charge in [0, 0.05) is 10.9 Å². The fourth-order valence-electron chi connectivity index (χ4n) is 1.55. The van der Waals surface area contributed by atoms with Gasteiger partial charge in [-0.25, -0.2) is 0 Å². The molecule has 2 aromatic carbocycles. The fraction of sp³-hybridized carbons (Fsp3) is 0.143. The van der Waals surface area contributed by atoms with E-state index in [9.17, 15) is 0 Å². The van der Waals surface area contributed by atoms with E-state index in [1.54, 1.807) is 0 Å². The Balaban J connectivity index is 2.14. The van der Waals surface area contributed by atoms with Crippen LogP contribution in [-0.4, -0.2) is 0 Å². The Morgan fingerprint density at radius 1 is 1.00 bits per heavy atom. The minimum absolute atomic E-state index is 0.532. The van der Waals surface area contributed by atoms with Crippen LogP contribution in [0.25, 0.3) is 0 Å².